The highest BCUT2D eigenvalue weighted by Crippen LogP contribution is 2.31. The summed E-state index contributed by atoms with van der Waals surface area (Å²) in [5, 5.41) is 8.86. The molecule has 1 heterocycles. The Morgan fingerprint density at radius 2 is 1.39 bits per heavy atom. The SMILES string of the molecule is CCOc1ccc(NC(=O)Nc2ccc(N3CCN(c4ccccc4OC)CC3)c(C(=O)NC(C)c3ccccc3)c2)cc1. The zero-order valence-corrected chi connectivity index (χ0v) is 25.4. The number of benzene rings is 4. The maximum Gasteiger partial charge on any atom is 0.323 e. The van der Waals surface area contributed by atoms with Crippen LogP contribution >= 0.6 is 0 Å². The van der Waals surface area contributed by atoms with Crippen molar-refractivity contribution in [3.05, 3.63) is 108 Å². The van der Waals surface area contributed by atoms with Gasteiger partial charge in [0.15, 0.2) is 0 Å². The molecule has 1 unspecified atom stereocenters. The van der Waals surface area contributed by atoms with E-state index in [1.165, 1.54) is 0 Å². The van der Waals surface area contributed by atoms with Crippen LogP contribution in [0.15, 0.2) is 97.1 Å². The first-order chi connectivity index (χ1) is 21.4. The van der Waals surface area contributed by atoms with E-state index in [-0.39, 0.29) is 11.9 Å². The van der Waals surface area contributed by atoms with E-state index in [1.54, 1.807) is 37.4 Å². The fraction of sp³-hybridized carbons (Fsp3) is 0.257. The molecule has 0 spiro atoms. The van der Waals surface area contributed by atoms with Crippen LogP contribution in [-0.2, 0) is 0 Å². The van der Waals surface area contributed by atoms with Crippen LogP contribution in [-0.4, -0.2) is 51.8 Å². The molecular formula is C35H39N5O4. The highest BCUT2D eigenvalue weighted by molar-refractivity contribution is 6.04. The van der Waals surface area contributed by atoms with Crippen molar-refractivity contribution < 1.29 is 19.1 Å². The van der Waals surface area contributed by atoms with Crippen molar-refractivity contribution in [3.8, 4) is 11.5 Å². The second kappa shape index (κ2) is 14.3. The molecule has 9 nitrogen and oxygen atoms in total. The summed E-state index contributed by atoms with van der Waals surface area (Å²) >= 11 is 0. The van der Waals surface area contributed by atoms with Crippen LogP contribution in [0.2, 0.25) is 0 Å². The number of methoxy groups -OCH3 is 1. The number of urea groups is 1. The van der Waals surface area contributed by atoms with Crippen molar-refractivity contribution >= 4 is 34.7 Å². The summed E-state index contributed by atoms with van der Waals surface area (Å²) < 4.78 is 11.1. The summed E-state index contributed by atoms with van der Waals surface area (Å²) in [5.74, 6) is 1.37. The molecule has 9 heteroatoms. The maximum absolute atomic E-state index is 13.8. The predicted octanol–water partition coefficient (Wildman–Crippen LogP) is 6.56. The summed E-state index contributed by atoms with van der Waals surface area (Å²) in [4.78, 5) is 31.2. The lowest BCUT2D eigenvalue weighted by Gasteiger charge is -2.38. The predicted molar refractivity (Wildman–Crippen MR) is 176 cm³/mol. The molecule has 0 aromatic heterocycles. The van der Waals surface area contributed by atoms with Crippen LogP contribution in [0.4, 0.5) is 27.5 Å². The molecule has 1 saturated heterocycles. The smallest absolute Gasteiger partial charge is 0.323 e. The largest absolute Gasteiger partial charge is 0.495 e. The lowest BCUT2D eigenvalue weighted by atomic mass is 10.1. The second-order valence-corrected chi connectivity index (χ2v) is 10.5. The number of carbonyl (C=O) groups excluding carboxylic acids is 2. The Morgan fingerprint density at radius 3 is 2.07 bits per heavy atom. The van der Waals surface area contributed by atoms with Crippen molar-refractivity contribution in [2.75, 3.05) is 60.3 Å². The second-order valence-electron chi connectivity index (χ2n) is 10.5. The molecule has 0 saturated carbocycles. The van der Waals surface area contributed by atoms with Gasteiger partial charge in [-0.05, 0) is 74.0 Å². The van der Waals surface area contributed by atoms with Gasteiger partial charge in [-0.3, -0.25) is 4.79 Å². The first-order valence-corrected chi connectivity index (χ1v) is 14.9. The monoisotopic (exact) mass is 593 g/mol. The Kier molecular flexibility index (Phi) is 9.86. The molecule has 4 aromatic rings. The molecule has 1 fully saturated rings. The van der Waals surface area contributed by atoms with Crippen molar-refractivity contribution in [2.24, 2.45) is 0 Å². The van der Waals surface area contributed by atoms with Gasteiger partial charge in [-0.1, -0.05) is 42.5 Å². The van der Waals surface area contributed by atoms with Crippen LogP contribution in [0.1, 0.15) is 35.8 Å². The molecular weight excluding hydrogens is 554 g/mol. The molecule has 5 rings (SSSR count). The number of ether oxygens (including phenoxy) is 2. The third kappa shape index (κ3) is 7.42. The fourth-order valence-electron chi connectivity index (χ4n) is 5.34. The average Bonchev–Trinajstić information content (AvgIpc) is 3.06. The van der Waals surface area contributed by atoms with Crippen LogP contribution < -0.4 is 35.2 Å². The molecule has 44 heavy (non-hydrogen) atoms. The van der Waals surface area contributed by atoms with E-state index in [9.17, 15) is 9.59 Å². The fourth-order valence-corrected chi connectivity index (χ4v) is 5.34. The first-order valence-electron chi connectivity index (χ1n) is 14.9. The number of hydrogen-bond donors (Lipinski definition) is 3. The molecule has 0 bridgehead atoms. The van der Waals surface area contributed by atoms with E-state index >= 15 is 0 Å². The molecule has 4 aromatic carbocycles. The zero-order valence-electron chi connectivity index (χ0n) is 25.4. The van der Waals surface area contributed by atoms with Crippen molar-refractivity contribution in [3.63, 3.8) is 0 Å². The lowest BCUT2D eigenvalue weighted by Crippen LogP contribution is -2.47. The summed E-state index contributed by atoms with van der Waals surface area (Å²) in [6.45, 7) is 7.43. The van der Waals surface area contributed by atoms with Gasteiger partial charge in [-0.15, -0.1) is 0 Å². The summed E-state index contributed by atoms with van der Waals surface area (Å²) in [6.07, 6.45) is 0. The minimum atomic E-state index is -0.406. The van der Waals surface area contributed by atoms with Gasteiger partial charge in [-0.25, -0.2) is 4.79 Å². The van der Waals surface area contributed by atoms with Gasteiger partial charge in [0.1, 0.15) is 11.5 Å². The van der Waals surface area contributed by atoms with Crippen molar-refractivity contribution in [1.82, 2.24) is 5.32 Å². The van der Waals surface area contributed by atoms with Gasteiger partial charge in [0.25, 0.3) is 5.91 Å². The van der Waals surface area contributed by atoms with E-state index in [0.29, 0.717) is 23.5 Å². The van der Waals surface area contributed by atoms with E-state index < -0.39 is 6.03 Å². The first kappa shape index (κ1) is 30.3. The Hall–Kier alpha value is -5.18. The molecule has 1 atom stereocenters. The Morgan fingerprint density at radius 1 is 0.773 bits per heavy atom. The van der Waals surface area contributed by atoms with Gasteiger partial charge in [-0.2, -0.15) is 0 Å². The van der Waals surface area contributed by atoms with Gasteiger partial charge in [0, 0.05) is 43.2 Å². The minimum absolute atomic E-state index is 0.196. The molecule has 3 amide bonds. The Balaban J connectivity index is 1.34. The number of carbonyl (C=O) groups is 2. The highest BCUT2D eigenvalue weighted by Gasteiger charge is 2.24. The quantitative estimate of drug-likeness (QED) is 0.193. The standard InChI is InChI=1S/C35H39N5O4/c1-4-44-29-17-14-27(15-18-29)37-35(42)38-28-16-19-31(30(24-28)34(41)36-25(2)26-10-6-5-7-11-26)39-20-22-40(23-21-39)32-12-8-9-13-33(32)43-3/h5-19,24-25H,4,20-23H2,1-3H3,(H,36,41)(H2,37,38,42). The number of anilines is 4. The normalized spacial score (nSPS) is 13.5. The van der Waals surface area contributed by atoms with Gasteiger partial charge in [0.2, 0.25) is 0 Å². The number of nitrogens with one attached hydrogen (secondary N) is 3. The number of para-hydroxylation sites is 2. The number of amides is 3. The van der Waals surface area contributed by atoms with E-state index in [2.05, 4.69) is 31.8 Å². The number of nitrogens with zero attached hydrogens (tertiary/aromatic N) is 2. The van der Waals surface area contributed by atoms with E-state index in [4.69, 9.17) is 9.47 Å². The van der Waals surface area contributed by atoms with Crippen LogP contribution in [0, 0.1) is 0 Å². The molecule has 0 radical (unpaired) electrons. The Bertz CT molecular complexity index is 1550. The average molecular weight is 594 g/mol. The molecule has 3 N–H and O–H groups in total. The summed E-state index contributed by atoms with van der Waals surface area (Å²) in [5.41, 5.74) is 4.53. The van der Waals surface area contributed by atoms with E-state index in [1.807, 2.05) is 74.5 Å². The van der Waals surface area contributed by atoms with Crippen molar-refractivity contribution in [2.45, 2.75) is 19.9 Å². The van der Waals surface area contributed by atoms with Crippen LogP contribution in [0.5, 0.6) is 11.5 Å². The highest BCUT2D eigenvalue weighted by atomic mass is 16.5. The number of hydrogen-bond acceptors (Lipinski definition) is 6. The third-order valence-electron chi connectivity index (χ3n) is 7.62. The van der Waals surface area contributed by atoms with Gasteiger partial charge < -0.3 is 35.2 Å². The summed E-state index contributed by atoms with van der Waals surface area (Å²) in [6, 6.07) is 29.9. The van der Waals surface area contributed by atoms with Crippen molar-refractivity contribution in [1.29, 1.82) is 0 Å². The Labute approximate surface area is 258 Å². The molecule has 0 aliphatic carbocycles. The maximum atomic E-state index is 13.8. The molecule has 1 aliphatic heterocycles. The van der Waals surface area contributed by atoms with Crippen LogP contribution in [0.25, 0.3) is 0 Å². The number of rotatable bonds is 10. The topological polar surface area (TPSA) is 95.2 Å². The van der Waals surface area contributed by atoms with Crippen LogP contribution in [0.3, 0.4) is 0 Å². The van der Waals surface area contributed by atoms with E-state index in [0.717, 1.165) is 54.6 Å². The molecule has 228 valence electrons. The van der Waals surface area contributed by atoms with Gasteiger partial charge in [0.05, 0.1) is 31.0 Å². The summed E-state index contributed by atoms with van der Waals surface area (Å²) in [7, 11) is 1.68. The third-order valence-corrected chi connectivity index (χ3v) is 7.62. The lowest BCUT2D eigenvalue weighted by molar-refractivity contribution is 0.0940. The zero-order chi connectivity index (χ0) is 30.9. The molecule has 1 aliphatic rings. The number of piperazine rings is 1. The minimum Gasteiger partial charge on any atom is -0.495 e. The van der Waals surface area contributed by atoms with Gasteiger partial charge >= 0.3 is 6.03 Å².